The summed E-state index contributed by atoms with van der Waals surface area (Å²) in [5.74, 6) is 0.454. The fourth-order valence-electron chi connectivity index (χ4n) is 2.96. The lowest BCUT2D eigenvalue weighted by molar-refractivity contribution is -0.225. The molecule has 2 heterocycles. The second kappa shape index (κ2) is 9.69. The van der Waals surface area contributed by atoms with Crippen molar-refractivity contribution in [1.82, 2.24) is 4.98 Å². The quantitative estimate of drug-likeness (QED) is 0.740. The van der Waals surface area contributed by atoms with Gasteiger partial charge in [-0.05, 0) is 30.4 Å². The Balaban J connectivity index is 1.53. The number of ether oxygens (including phenoxy) is 3. The summed E-state index contributed by atoms with van der Waals surface area (Å²) in [4.78, 5) is 4.45. The van der Waals surface area contributed by atoms with Crippen LogP contribution in [0.25, 0.3) is 0 Å². The molecule has 3 rings (SSSR count). The van der Waals surface area contributed by atoms with E-state index < -0.39 is 12.4 Å². The van der Waals surface area contributed by atoms with Crippen molar-refractivity contribution < 1.29 is 24.4 Å². The van der Waals surface area contributed by atoms with Gasteiger partial charge in [0.1, 0.15) is 18.5 Å². The SMILES string of the molecule is CCCc1ccc(CCc2cc(O)cc(OCC3OCC(O)CO3)n2)cc1. The first-order chi connectivity index (χ1) is 13.1. The zero-order valence-electron chi connectivity index (χ0n) is 15.6. The summed E-state index contributed by atoms with van der Waals surface area (Å²) in [5.41, 5.74) is 3.36. The molecule has 0 saturated carbocycles. The van der Waals surface area contributed by atoms with Crippen molar-refractivity contribution in [3.63, 3.8) is 0 Å². The van der Waals surface area contributed by atoms with Crippen molar-refractivity contribution in [2.75, 3.05) is 19.8 Å². The number of hydrogen-bond donors (Lipinski definition) is 2. The minimum Gasteiger partial charge on any atom is -0.508 e. The Morgan fingerprint density at radius 1 is 1.04 bits per heavy atom. The van der Waals surface area contributed by atoms with E-state index in [0.717, 1.165) is 25.0 Å². The normalized spacial score (nSPS) is 19.8. The van der Waals surface area contributed by atoms with Gasteiger partial charge in [-0.15, -0.1) is 0 Å². The van der Waals surface area contributed by atoms with Crippen molar-refractivity contribution in [2.45, 2.75) is 45.0 Å². The number of hydrogen-bond acceptors (Lipinski definition) is 6. The summed E-state index contributed by atoms with van der Waals surface area (Å²) < 4.78 is 16.2. The minimum atomic E-state index is -0.595. The molecule has 0 bridgehead atoms. The number of benzene rings is 1. The number of aryl methyl sites for hydroxylation is 3. The van der Waals surface area contributed by atoms with Crippen molar-refractivity contribution >= 4 is 0 Å². The predicted molar refractivity (Wildman–Crippen MR) is 101 cm³/mol. The van der Waals surface area contributed by atoms with Crippen LogP contribution in [0.15, 0.2) is 36.4 Å². The van der Waals surface area contributed by atoms with Gasteiger partial charge in [0.05, 0.1) is 13.2 Å². The summed E-state index contributed by atoms with van der Waals surface area (Å²) in [5, 5.41) is 19.3. The van der Waals surface area contributed by atoms with E-state index in [-0.39, 0.29) is 25.6 Å². The summed E-state index contributed by atoms with van der Waals surface area (Å²) in [6.45, 7) is 2.78. The molecule has 2 aromatic rings. The molecule has 0 amide bonds. The highest BCUT2D eigenvalue weighted by Crippen LogP contribution is 2.20. The zero-order chi connectivity index (χ0) is 19.1. The van der Waals surface area contributed by atoms with Gasteiger partial charge in [-0.2, -0.15) is 0 Å². The van der Waals surface area contributed by atoms with Crippen LogP contribution in [0.4, 0.5) is 0 Å². The van der Waals surface area contributed by atoms with Gasteiger partial charge in [-0.1, -0.05) is 37.6 Å². The number of nitrogens with zero attached hydrogens (tertiary/aromatic N) is 1. The van der Waals surface area contributed by atoms with Gasteiger partial charge < -0.3 is 24.4 Å². The van der Waals surface area contributed by atoms with Gasteiger partial charge in [-0.3, -0.25) is 0 Å². The summed E-state index contributed by atoms with van der Waals surface area (Å²) in [7, 11) is 0. The zero-order valence-corrected chi connectivity index (χ0v) is 15.6. The Bertz CT molecular complexity index is 711. The van der Waals surface area contributed by atoms with E-state index in [2.05, 4.69) is 36.2 Å². The topological polar surface area (TPSA) is 81.0 Å². The third-order valence-corrected chi connectivity index (χ3v) is 4.39. The summed E-state index contributed by atoms with van der Waals surface area (Å²) in [6, 6.07) is 11.8. The first-order valence-corrected chi connectivity index (χ1v) is 9.44. The number of aliphatic hydroxyl groups is 1. The molecule has 0 spiro atoms. The van der Waals surface area contributed by atoms with Gasteiger partial charge >= 0.3 is 0 Å². The lowest BCUT2D eigenvalue weighted by atomic mass is 10.0. The molecule has 1 aromatic carbocycles. The van der Waals surface area contributed by atoms with Crippen LogP contribution in [-0.4, -0.2) is 47.4 Å². The monoisotopic (exact) mass is 373 g/mol. The number of rotatable bonds is 8. The maximum absolute atomic E-state index is 9.94. The molecule has 146 valence electrons. The fourth-order valence-corrected chi connectivity index (χ4v) is 2.96. The van der Waals surface area contributed by atoms with Crippen LogP contribution in [0, 0.1) is 0 Å². The predicted octanol–water partition coefficient (Wildman–Crippen LogP) is 2.64. The van der Waals surface area contributed by atoms with Gasteiger partial charge in [0.25, 0.3) is 0 Å². The van der Waals surface area contributed by atoms with Crippen LogP contribution in [0.3, 0.4) is 0 Å². The summed E-state index contributed by atoms with van der Waals surface area (Å²) >= 11 is 0. The lowest BCUT2D eigenvalue weighted by Gasteiger charge is -2.26. The smallest absolute Gasteiger partial charge is 0.217 e. The van der Waals surface area contributed by atoms with E-state index in [1.165, 1.54) is 17.2 Å². The van der Waals surface area contributed by atoms with Crippen LogP contribution in [0.5, 0.6) is 11.6 Å². The van der Waals surface area contributed by atoms with E-state index in [0.29, 0.717) is 12.3 Å². The van der Waals surface area contributed by atoms with E-state index in [1.807, 2.05) is 0 Å². The van der Waals surface area contributed by atoms with Crippen LogP contribution in [-0.2, 0) is 28.7 Å². The Morgan fingerprint density at radius 3 is 2.37 bits per heavy atom. The third kappa shape index (κ3) is 6.20. The van der Waals surface area contributed by atoms with E-state index in [9.17, 15) is 10.2 Å². The molecule has 1 fully saturated rings. The van der Waals surface area contributed by atoms with Gasteiger partial charge in [0.15, 0.2) is 6.29 Å². The van der Waals surface area contributed by atoms with E-state index >= 15 is 0 Å². The summed E-state index contributed by atoms with van der Waals surface area (Å²) in [6.07, 6.45) is 2.66. The standard InChI is InChI=1S/C21H27NO5/c1-2-3-15-4-6-16(7-5-15)8-9-17-10-18(23)11-20(22-17)25-14-21-26-12-19(24)13-27-21/h4-7,10-11,19,21,24H,2-3,8-9,12-14H2,1H3,(H,22,23). The fraction of sp³-hybridized carbons (Fsp3) is 0.476. The third-order valence-electron chi connectivity index (χ3n) is 4.39. The number of aromatic nitrogens is 1. The maximum Gasteiger partial charge on any atom is 0.217 e. The van der Waals surface area contributed by atoms with E-state index in [4.69, 9.17) is 14.2 Å². The molecule has 1 saturated heterocycles. The largest absolute Gasteiger partial charge is 0.508 e. The van der Waals surface area contributed by atoms with Crippen molar-refractivity contribution in [1.29, 1.82) is 0 Å². The molecule has 6 heteroatoms. The second-order valence-corrected chi connectivity index (χ2v) is 6.78. The van der Waals surface area contributed by atoms with Crippen molar-refractivity contribution in [3.05, 3.63) is 53.2 Å². The molecule has 0 atom stereocenters. The number of pyridine rings is 1. The first-order valence-electron chi connectivity index (χ1n) is 9.44. The minimum absolute atomic E-state index is 0.120. The van der Waals surface area contributed by atoms with Crippen LogP contribution >= 0.6 is 0 Å². The average Bonchev–Trinajstić information content (AvgIpc) is 2.67. The second-order valence-electron chi connectivity index (χ2n) is 6.78. The van der Waals surface area contributed by atoms with Gasteiger partial charge in [0, 0.05) is 17.8 Å². The lowest BCUT2D eigenvalue weighted by Crippen LogP contribution is -2.38. The Morgan fingerprint density at radius 2 is 1.70 bits per heavy atom. The van der Waals surface area contributed by atoms with Crippen LogP contribution in [0.2, 0.25) is 0 Å². The molecule has 2 N–H and O–H groups in total. The van der Waals surface area contributed by atoms with Crippen molar-refractivity contribution in [3.8, 4) is 11.6 Å². The molecule has 0 unspecified atom stereocenters. The highest BCUT2D eigenvalue weighted by atomic mass is 16.7. The molecule has 27 heavy (non-hydrogen) atoms. The average molecular weight is 373 g/mol. The molecule has 0 aliphatic carbocycles. The molecular weight excluding hydrogens is 346 g/mol. The van der Waals surface area contributed by atoms with Crippen LogP contribution < -0.4 is 4.74 Å². The van der Waals surface area contributed by atoms with Gasteiger partial charge in [-0.25, -0.2) is 4.98 Å². The Labute approximate surface area is 159 Å². The molecule has 6 nitrogen and oxygen atoms in total. The molecular formula is C21H27NO5. The van der Waals surface area contributed by atoms with E-state index in [1.54, 1.807) is 6.07 Å². The van der Waals surface area contributed by atoms with Crippen molar-refractivity contribution in [2.24, 2.45) is 0 Å². The molecule has 1 aromatic heterocycles. The van der Waals surface area contributed by atoms with Crippen LogP contribution in [0.1, 0.15) is 30.2 Å². The maximum atomic E-state index is 9.94. The molecule has 1 aliphatic rings. The highest BCUT2D eigenvalue weighted by Gasteiger charge is 2.21. The van der Waals surface area contributed by atoms with Gasteiger partial charge in [0.2, 0.25) is 5.88 Å². The highest BCUT2D eigenvalue weighted by molar-refractivity contribution is 5.30. The first kappa shape index (κ1) is 19.6. The Kier molecular flexibility index (Phi) is 7.04. The molecule has 1 aliphatic heterocycles. The number of aliphatic hydroxyl groups excluding tert-OH is 1. The Hall–Kier alpha value is -2.15. The molecule has 0 radical (unpaired) electrons. The number of aromatic hydroxyl groups is 1.